The molecule has 0 aromatic carbocycles. The van der Waals surface area contributed by atoms with Crippen LogP contribution in [0.25, 0.3) is 10.9 Å². The second kappa shape index (κ2) is 8.43. The Morgan fingerprint density at radius 3 is 2.94 bits per heavy atom. The molecule has 3 saturated heterocycles. The van der Waals surface area contributed by atoms with Crippen molar-refractivity contribution in [2.24, 2.45) is 0 Å². The van der Waals surface area contributed by atoms with E-state index >= 15 is 4.39 Å². The molecule has 178 valence electrons. The average molecular weight is 480 g/mol. The highest BCUT2D eigenvalue weighted by atomic mass is 35.5. The third-order valence-electron chi connectivity index (χ3n) is 7.89. The van der Waals surface area contributed by atoms with Gasteiger partial charge in [0.1, 0.15) is 24.6 Å². The topological polar surface area (TPSA) is 63.6 Å². The van der Waals surface area contributed by atoms with Gasteiger partial charge in [-0.2, -0.15) is 9.97 Å². The molecule has 33 heavy (non-hydrogen) atoms. The third kappa shape index (κ3) is 3.54. The molecule has 0 spiro atoms. The Morgan fingerprint density at radius 2 is 2.06 bits per heavy atom. The highest BCUT2D eigenvalue weighted by molar-refractivity contribution is 6.30. The minimum atomic E-state index is -0.646. The number of anilines is 1. The molecule has 2 aromatic heterocycles. The average Bonchev–Trinajstić information content (AvgIpc) is 3.23. The van der Waals surface area contributed by atoms with Crippen molar-refractivity contribution in [3.63, 3.8) is 0 Å². The molecule has 10 heteroatoms. The van der Waals surface area contributed by atoms with E-state index in [1.54, 1.807) is 0 Å². The Morgan fingerprint density at radius 1 is 1.15 bits per heavy atom. The van der Waals surface area contributed by atoms with Crippen molar-refractivity contribution < 1.29 is 18.3 Å². The number of alkyl halides is 1. The molecule has 3 atom stereocenters. The number of hydrogen-bond acceptors (Lipinski definition) is 7. The van der Waals surface area contributed by atoms with Gasteiger partial charge in [0.25, 0.3) is 0 Å². The van der Waals surface area contributed by atoms with Crippen molar-refractivity contribution in [1.29, 1.82) is 0 Å². The molecule has 0 aliphatic carbocycles. The van der Waals surface area contributed by atoms with Crippen molar-refractivity contribution in [2.45, 2.75) is 62.6 Å². The standard InChI is InChI=1S/C23H28ClF2N5O2/c24-20-18(26)19-17-16(27-20)4-3-15-12-32-10-2-8-30(15)21(17)29-22(28-19)33-13-23-6-1-9-31(23)14(11-25)5-7-23/h14-15H,1-13H2/t14-,15-,23-/m0/s1. The minimum absolute atomic E-state index is 0.0407. The first-order chi connectivity index (χ1) is 16.1. The van der Waals surface area contributed by atoms with Crippen molar-refractivity contribution in [1.82, 2.24) is 19.9 Å². The maximum Gasteiger partial charge on any atom is 0.319 e. The van der Waals surface area contributed by atoms with Gasteiger partial charge >= 0.3 is 6.01 Å². The van der Waals surface area contributed by atoms with Gasteiger partial charge in [0.2, 0.25) is 0 Å². The van der Waals surface area contributed by atoms with Crippen LogP contribution < -0.4 is 9.64 Å². The molecule has 0 N–H and O–H groups in total. The van der Waals surface area contributed by atoms with Gasteiger partial charge in [-0.15, -0.1) is 0 Å². The maximum atomic E-state index is 15.2. The first kappa shape index (κ1) is 21.7. The summed E-state index contributed by atoms with van der Waals surface area (Å²) in [5, 5.41) is 0.441. The molecule has 0 amide bonds. The Kier molecular flexibility index (Phi) is 5.54. The predicted molar refractivity (Wildman–Crippen MR) is 120 cm³/mol. The number of aromatic nitrogens is 3. The summed E-state index contributed by atoms with van der Waals surface area (Å²) in [6.45, 7) is 2.96. The lowest BCUT2D eigenvalue weighted by Crippen LogP contribution is -2.47. The number of halogens is 3. The molecular weight excluding hydrogens is 452 g/mol. The van der Waals surface area contributed by atoms with Crippen LogP contribution in [0.4, 0.5) is 14.6 Å². The largest absolute Gasteiger partial charge is 0.461 e. The van der Waals surface area contributed by atoms with Crippen molar-refractivity contribution in [3.05, 3.63) is 16.7 Å². The fourth-order valence-electron chi connectivity index (χ4n) is 6.25. The van der Waals surface area contributed by atoms with Crippen LogP contribution in [-0.2, 0) is 11.2 Å². The van der Waals surface area contributed by atoms with E-state index < -0.39 is 5.82 Å². The van der Waals surface area contributed by atoms with E-state index in [1.165, 1.54) is 0 Å². The van der Waals surface area contributed by atoms with E-state index in [0.717, 1.165) is 51.6 Å². The van der Waals surface area contributed by atoms with Crippen molar-refractivity contribution >= 4 is 28.3 Å². The second-order valence-corrected chi connectivity index (χ2v) is 10.0. The Balaban J connectivity index is 1.40. The lowest BCUT2D eigenvalue weighted by atomic mass is 9.95. The summed E-state index contributed by atoms with van der Waals surface area (Å²) in [5.74, 6) is 0.00218. The number of rotatable bonds is 4. The Hall–Kier alpha value is -1.84. The molecule has 3 fully saturated rings. The van der Waals surface area contributed by atoms with Crippen LogP contribution in [0.5, 0.6) is 6.01 Å². The van der Waals surface area contributed by atoms with Gasteiger partial charge in [0.15, 0.2) is 11.0 Å². The van der Waals surface area contributed by atoms with Crippen molar-refractivity contribution in [2.75, 3.05) is 44.5 Å². The van der Waals surface area contributed by atoms with Gasteiger partial charge in [-0.1, -0.05) is 11.6 Å². The number of pyridine rings is 1. The molecule has 0 saturated carbocycles. The van der Waals surface area contributed by atoms with E-state index in [0.29, 0.717) is 43.1 Å². The molecule has 0 radical (unpaired) electrons. The number of aryl methyl sites for hydroxylation is 1. The summed E-state index contributed by atoms with van der Waals surface area (Å²) < 4.78 is 40.6. The lowest BCUT2D eigenvalue weighted by molar-refractivity contribution is 0.0772. The van der Waals surface area contributed by atoms with E-state index in [2.05, 4.69) is 19.8 Å². The van der Waals surface area contributed by atoms with Crippen LogP contribution in [0.15, 0.2) is 0 Å². The van der Waals surface area contributed by atoms with E-state index in [-0.39, 0.29) is 41.0 Å². The molecule has 0 bridgehead atoms. The van der Waals surface area contributed by atoms with Crippen LogP contribution in [0.3, 0.4) is 0 Å². The quantitative estimate of drug-likeness (QED) is 0.619. The van der Waals surface area contributed by atoms with E-state index in [1.807, 2.05) is 0 Å². The smallest absolute Gasteiger partial charge is 0.319 e. The second-order valence-electron chi connectivity index (χ2n) is 9.69. The molecule has 6 heterocycles. The van der Waals surface area contributed by atoms with Crippen molar-refractivity contribution in [3.8, 4) is 6.01 Å². The number of fused-ring (bicyclic) bond motifs is 3. The molecule has 0 unspecified atom stereocenters. The van der Waals surface area contributed by atoms with Gasteiger partial charge in [0.05, 0.1) is 29.3 Å². The zero-order chi connectivity index (χ0) is 22.6. The van der Waals surface area contributed by atoms with Crippen LogP contribution in [0, 0.1) is 5.82 Å². The number of nitrogens with zero attached hydrogens (tertiary/aromatic N) is 5. The molecule has 6 rings (SSSR count). The van der Waals surface area contributed by atoms with Gasteiger partial charge in [0, 0.05) is 19.2 Å². The normalized spacial score (nSPS) is 29.6. The van der Waals surface area contributed by atoms with Gasteiger partial charge in [-0.05, 0) is 51.5 Å². The fourth-order valence-corrected chi connectivity index (χ4v) is 6.45. The van der Waals surface area contributed by atoms with Gasteiger partial charge < -0.3 is 14.4 Å². The third-order valence-corrected chi connectivity index (χ3v) is 8.14. The highest BCUT2D eigenvalue weighted by Gasteiger charge is 2.49. The van der Waals surface area contributed by atoms with Crippen LogP contribution >= 0.6 is 11.6 Å². The Bertz CT molecular complexity index is 1080. The summed E-state index contributed by atoms with van der Waals surface area (Å²) >= 11 is 6.15. The number of ether oxygens (including phenoxy) is 2. The Labute approximate surface area is 196 Å². The summed E-state index contributed by atoms with van der Waals surface area (Å²) in [7, 11) is 0. The molecular formula is C23H28ClF2N5O2. The highest BCUT2D eigenvalue weighted by Crippen LogP contribution is 2.43. The van der Waals surface area contributed by atoms with Crippen LogP contribution in [0.2, 0.25) is 5.15 Å². The minimum Gasteiger partial charge on any atom is -0.461 e. The van der Waals surface area contributed by atoms with E-state index in [9.17, 15) is 4.39 Å². The first-order valence-corrected chi connectivity index (χ1v) is 12.3. The van der Waals surface area contributed by atoms with Gasteiger partial charge in [-0.25, -0.2) is 13.8 Å². The zero-order valence-electron chi connectivity index (χ0n) is 18.5. The lowest BCUT2D eigenvalue weighted by Gasteiger charge is -2.34. The van der Waals surface area contributed by atoms with Crippen LogP contribution in [0.1, 0.15) is 44.2 Å². The monoisotopic (exact) mass is 479 g/mol. The first-order valence-electron chi connectivity index (χ1n) is 12.0. The summed E-state index contributed by atoms with van der Waals surface area (Å²) in [6, 6.07) is 0.222. The maximum absolute atomic E-state index is 15.2. The fraction of sp³-hybridized carbons (Fsp3) is 0.696. The molecule has 4 aliphatic rings. The molecule has 2 aromatic rings. The number of hydrogen-bond donors (Lipinski definition) is 0. The molecule has 4 aliphatic heterocycles. The SMILES string of the molecule is FC[C@@H]1CC[C@]2(COc3nc4c5c(nc(Cl)c(F)c5n3)CC[C@H]3COCCCN43)CCCN12. The molecule has 7 nitrogen and oxygen atoms in total. The summed E-state index contributed by atoms with van der Waals surface area (Å²) in [6.07, 6.45) is 6.04. The summed E-state index contributed by atoms with van der Waals surface area (Å²) in [5.41, 5.74) is 0.680. The zero-order valence-corrected chi connectivity index (χ0v) is 19.3. The van der Waals surface area contributed by atoms with E-state index in [4.69, 9.17) is 26.1 Å². The van der Waals surface area contributed by atoms with Crippen LogP contribution in [-0.4, -0.2) is 77.1 Å². The predicted octanol–water partition coefficient (Wildman–Crippen LogP) is 3.70. The van der Waals surface area contributed by atoms with Gasteiger partial charge in [-0.3, -0.25) is 4.90 Å². The summed E-state index contributed by atoms with van der Waals surface area (Å²) in [4.78, 5) is 18.0.